The highest BCUT2D eigenvalue weighted by Crippen LogP contribution is 2.33. The Morgan fingerprint density at radius 2 is 2.33 bits per heavy atom. The summed E-state index contributed by atoms with van der Waals surface area (Å²) in [5.74, 6) is 0.759. The van der Waals surface area contributed by atoms with Crippen molar-refractivity contribution in [2.75, 3.05) is 5.75 Å². The summed E-state index contributed by atoms with van der Waals surface area (Å²) >= 11 is 6.44. The number of fused-ring (bicyclic) bond motifs is 1. The van der Waals surface area contributed by atoms with E-state index in [4.69, 9.17) is 0 Å². The molecule has 0 aromatic rings. The van der Waals surface area contributed by atoms with Gasteiger partial charge in [-0.2, -0.15) is 11.8 Å². The van der Waals surface area contributed by atoms with Gasteiger partial charge in [0.15, 0.2) is 0 Å². The maximum Gasteiger partial charge on any atom is 0.318 e. The number of hydrogen-bond acceptors (Lipinski definition) is 6. The lowest BCUT2D eigenvalue weighted by Crippen LogP contribution is -2.36. The van der Waals surface area contributed by atoms with E-state index in [2.05, 4.69) is 26.5 Å². The van der Waals surface area contributed by atoms with Crippen LogP contribution in [0.1, 0.15) is 25.7 Å². The Morgan fingerprint density at radius 1 is 1.50 bits per heavy atom. The van der Waals surface area contributed by atoms with Crippen LogP contribution in [0.3, 0.4) is 0 Å². The van der Waals surface area contributed by atoms with Crippen LogP contribution in [0.4, 0.5) is 4.79 Å². The maximum atomic E-state index is 11.2. The van der Waals surface area contributed by atoms with Crippen molar-refractivity contribution in [1.82, 2.24) is 10.6 Å². The second-order valence-electron chi connectivity index (χ2n) is 4.40. The van der Waals surface area contributed by atoms with E-state index in [1.165, 1.54) is 0 Å². The maximum absolute atomic E-state index is 11.2. The van der Waals surface area contributed by atoms with Gasteiger partial charge in [0.1, 0.15) is 11.1 Å². The van der Waals surface area contributed by atoms with Crippen molar-refractivity contribution < 1.29 is 13.8 Å². The average Bonchev–Trinajstić information content (AvgIpc) is 2.85. The zero-order chi connectivity index (χ0) is 13.0. The molecule has 0 bridgehead atoms. The molecule has 0 aliphatic carbocycles. The lowest BCUT2D eigenvalue weighted by Gasteiger charge is -2.16. The normalized spacial score (nSPS) is 29.6. The van der Waals surface area contributed by atoms with E-state index >= 15 is 0 Å². The Morgan fingerprint density at radius 3 is 3.11 bits per heavy atom. The van der Waals surface area contributed by atoms with E-state index in [9.17, 15) is 9.59 Å². The minimum absolute atomic E-state index is 0.0512. The van der Waals surface area contributed by atoms with Crippen molar-refractivity contribution in [1.29, 1.82) is 0 Å². The van der Waals surface area contributed by atoms with Crippen LogP contribution in [0, 0.1) is 0 Å². The van der Waals surface area contributed by atoms with E-state index in [1.54, 1.807) is 0 Å². The van der Waals surface area contributed by atoms with Crippen molar-refractivity contribution in [3.05, 3.63) is 0 Å². The molecule has 2 saturated heterocycles. The first-order chi connectivity index (χ1) is 8.70. The lowest BCUT2D eigenvalue weighted by atomic mass is 10.0. The van der Waals surface area contributed by atoms with Gasteiger partial charge in [-0.05, 0) is 12.8 Å². The third-order valence-electron chi connectivity index (χ3n) is 3.19. The van der Waals surface area contributed by atoms with Crippen LogP contribution in [-0.2, 0) is 8.98 Å². The summed E-state index contributed by atoms with van der Waals surface area (Å²) in [4.78, 5) is 22.3. The van der Waals surface area contributed by atoms with Crippen molar-refractivity contribution in [3.8, 4) is 0 Å². The van der Waals surface area contributed by atoms with Gasteiger partial charge in [-0.25, -0.2) is 4.79 Å². The SMILES string of the molecule is O=C1N[C@@H]2[C@@H](CS[C@@H]2CCCCC(=O)OSS)N1. The zero-order valence-corrected chi connectivity index (χ0v) is 12.3. The number of amides is 2. The summed E-state index contributed by atoms with van der Waals surface area (Å²) in [6.07, 6.45) is 3.25. The number of hydrogen-bond donors (Lipinski definition) is 3. The van der Waals surface area contributed by atoms with Gasteiger partial charge in [-0.15, -0.1) is 0 Å². The molecule has 2 rings (SSSR count). The van der Waals surface area contributed by atoms with Crippen LogP contribution >= 0.6 is 34.5 Å². The van der Waals surface area contributed by atoms with Gasteiger partial charge in [0.25, 0.3) is 0 Å². The van der Waals surface area contributed by atoms with E-state index in [0.717, 1.165) is 36.1 Å². The van der Waals surface area contributed by atoms with Crippen LogP contribution < -0.4 is 10.6 Å². The molecule has 102 valence electrons. The first-order valence-electron chi connectivity index (χ1n) is 5.90. The average molecular weight is 308 g/mol. The van der Waals surface area contributed by atoms with Crippen LogP contribution in [0.5, 0.6) is 0 Å². The zero-order valence-electron chi connectivity index (χ0n) is 9.76. The molecule has 2 fully saturated rings. The Hall–Kier alpha value is -0.210. The molecule has 0 saturated carbocycles. The molecule has 8 heteroatoms. The van der Waals surface area contributed by atoms with Gasteiger partial charge >= 0.3 is 12.0 Å². The minimum Gasteiger partial charge on any atom is -0.380 e. The third kappa shape index (κ3) is 3.64. The highest BCUT2D eigenvalue weighted by atomic mass is 33.1. The fourth-order valence-electron chi connectivity index (χ4n) is 2.34. The van der Waals surface area contributed by atoms with Crippen LogP contribution in [0.25, 0.3) is 0 Å². The van der Waals surface area contributed by atoms with E-state index in [0.29, 0.717) is 11.7 Å². The molecule has 0 unspecified atom stereocenters. The summed E-state index contributed by atoms with van der Waals surface area (Å²) in [6, 6.07) is 0.477. The van der Waals surface area contributed by atoms with Gasteiger partial charge in [0.05, 0.1) is 12.1 Å². The van der Waals surface area contributed by atoms with Crippen molar-refractivity contribution >= 4 is 46.5 Å². The van der Waals surface area contributed by atoms with Gasteiger partial charge < -0.3 is 14.8 Å². The predicted molar refractivity (Wildman–Crippen MR) is 76.6 cm³/mol. The molecule has 0 aromatic carbocycles. The molecule has 3 atom stereocenters. The summed E-state index contributed by atoms with van der Waals surface area (Å²) < 4.78 is 4.67. The molecule has 0 radical (unpaired) electrons. The Kier molecular flexibility index (Phi) is 5.38. The van der Waals surface area contributed by atoms with E-state index < -0.39 is 0 Å². The smallest absolute Gasteiger partial charge is 0.318 e. The molecule has 2 amide bonds. The Labute approximate surface area is 120 Å². The lowest BCUT2D eigenvalue weighted by molar-refractivity contribution is -0.133. The molecule has 2 N–H and O–H groups in total. The number of carbonyl (C=O) groups is 2. The van der Waals surface area contributed by atoms with Gasteiger partial charge in [0.2, 0.25) is 0 Å². The first kappa shape index (κ1) is 14.2. The van der Waals surface area contributed by atoms with E-state index in [1.807, 2.05) is 11.8 Å². The molecule has 2 aliphatic rings. The quantitative estimate of drug-likeness (QED) is 0.229. The van der Waals surface area contributed by atoms with Crippen LogP contribution in [0.2, 0.25) is 0 Å². The van der Waals surface area contributed by atoms with Gasteiger partial charge in [0, 0.05) is 17.4 Å². The fourth-order valence-corrected chi connectivity index (χ4v) is 4.30. The minimum atomic E-state index is -0.220. The van der Waals surface area contributed by atoms with Crippen LogP contribution in [-0.4, -0.2) is 35.1 Å². The summed E-state index contributed by atoms with van der Waals surface area (Å²) in [6.45, 7) is 0. The summed E-state index contributed by atoms with van der Waals surface area (Å²) in [7, 11) is 0. The second kappa shape index (κ2) is 6.81. The standard InChI is InChI=1S/C10H16N2O3S3/c13-8(15-18-16)4-2-1-3-7-9-6(5-17-7)11-10(14)12-9/h6-7,9,16H,1-5H2,(H2,11,12,14)/t6-,7-,9-/m1/s1. The first-order valence-corrected chi connectivity index (χ1v) is 8.74. The fraction of sp³-hybridized carbons (Fsp3) is 0.800. The topological polar surface area (TPSA) is 67.4 Å². The van der Waals surface area contributed by atoms with E-state index in [-0.39, 0.29) is 24.1 Å². The number of thioether (sulfide) groups is 1. The number of thiol groups is 1. The molecule has 18 heavy (non-hydrogen) atoms. The molecule has 2 aliphatic heterocycles. The predicted octanol–water partition coefficient (Wildman–Crippen LogP) is 1.75. The van der Waals surface area contributed by atoms with Gasteiger partial charge in [-0.1, -0.05) is 18.1 Å². The summed E-state index contributed by atoms with van der Waals surface area (Å²) in [5.41, 5.74) is 0. The van der Waals surface area contributed by atoms with Crippen molar-refractivity contribution in [3.63, 3.8) is 0 Å². The van der Waals surface area contributed by atoms with Gasteiger partial charge in [-0.3, -0.25) is 4.79 Å². The van der Waals surface area contributed by atoms with Crippen molar-refractivity contribution in [2.24, 2.45) is 0 Å². The molecule has 0 aromatic heterocycles. The number of nitrogens with one attached hydrogen (secondary N) is 2. The molecule has 2 heterocycles. The Balaban J connectivity index is 1.62. The molecule has 0 spiro atoms. The molecular formula is C10H16N2O3S3. The van der Waals surface area contributed by atoms with Crippen LogP contribution in [0.15, 0.2) is 0 Å². The monoisotopic (exact) mass is 308 g/mol. The van der Waals surface area contributed by atoms with Crippen molar-refractivity contribution in [2.45, 2.75) is 43.0 Å². The number of urea groups is 1. The second-order valence-corrected chi connectivity index (χ2v) is 6.43. The highest BCUT2D eigenvalue weighted by molar-refractivity contribution is 8.66. The Bertz CT molecular complexity index is 329. The highest BCUT2D eigenvalue weighted by Gasteiger charge is 2.42. The number of unbranched alkanes of at least 4 members (excludes halogenated alkanes) is 1. The third-order valence-corrected chi connectivity index (χ3v) is 5.18. The molecular weight excluding hydrogens is 292 g/mol. The molecule has 5 nitrogen and oxygen atoms in total. The number of rotatable bonds is 6. The largest absolute Gasteiger partial charge is 0.380 e. The summed E-state index contributed by atoms with van der Waals surface area (Å²) in [5, 5.41) is 6.34. The number of carbonyl (C=O) groups excluding carboxylic acids is 2.